The summed E-state index contributed by atoms with van der Waals surface area (Å²) in [6.07, 6.45) is 0. The van der Waals surface area contributed by atoms with Crippen LogP contribution >= 0.6 is 11.8 Å². The summed E-state index contributed by atoms with van der Waals surface area (Å²) in [6, 6.07) is 18.6. The van der Waals surface area contributed by atoms with E-state index in [2.05, 4.69) is 67.1 Å². The molecule has 0 unspecified atom stereocenters. The summed E-state index contributed by atoms with van der Waals surface area (Å²) in [5, 5.41) is 0.738. The van der Waals surface area contributed by atoms with Crippen molar-refractivity contribution in [1.29, 1.82) is 0 Å². The van der Waals surface area contributed by atoms with Crippen molar-refractivity contribution in [3.63, 3.8) is 0 Å². The van der Waals surface area contributed by atoms with Crippen LogP contribution in [0.1, 0.15) is 42.1 Å². The summed E-state index contributed by atoms with van der Waals surface area (Å²) in [5.41, 5.74) is 4.69. The van der Waals surface area contributed by atoms with Gasteiger partial charge in [-0.15, -0.1) is 0 Å². The van der Waals surface area contributed by atoms with Crippen LogP contribution in [0.25, 0.3) is 0 Å². The molecule has 0 saturated carbocycles. The summed E-state index contributed by atoms with van der Waals surface area (Å²) >= 11 is 1.63. The first kappa shape index (κ1) is 18.5. The molecule has 1 aromatic heterocycles. The molecular formula is C22H24N2OS. The molecule has 3 nitrogen and oxygen atoms in total. The lowest BCUT2D eigenvalue weighted by Gasteiger charge is -2.10. The van der Waals surface area contributed by atoms with Gasteiger partial charge in [0.05, 0.1) is 0 Å². The van der Waals surface area contributed by atoms with Crippen molar-refractivity contribution in [2.45, 2.75) is 44.5 Å². The Labute approximate surface area is 159 Å². The van der Waals surface area contributed by atoms with Crippen LogP contribution in [0, 0.1) is 13.8 Å². The number of benzene rings is 2. The van der Waals surface area contributed by atoms with Crippen LogP contribution in [-0.2, 0) is 5.75 Å². The third kappa shape index (κ3) is 5.09. The molecule has 1 heterocycles. The molecule has 26 heavy (non-hydrogen) atoms. The molecule has 3 rings (SSSR count). The Bertz CT molecular complexity index is 893. The van der Waals surface area contributed by atoms with Crippen LogP contribution in [0.5, 0.6) is 11.6 Å². The van der Waals surface area contributed by atoms with E-state index in [1.54, 1.807) is 11.8 Å². The average Bonchev–Trinajstić information content (AvgIpc) is 2.60. The van der Waals surface area contributed by atoms with Gasteiger partial charge in [0.25, 0.3) is 0 Å². The van der Waals surface area contributed by atoms with Crippen LogP contribution in [0.3, 0.4) is 0 Å². The van der Waals surface area contributed by atoms with Crippen molar-refractivity contribution in [3.05, 3.63) is 77.0 Å². The van der Waals surface area contributed by atoms with Crippen molar-refractivity contribution < 1.29 is 4.74 Å². The van der Waals surface area contributed by atoms with Gasteiger partial charge >= 0.3 is 0 Å². The monoisotopic (exact) mass is 364 g/mol. The summed E-state index contributed by atoms with van der Waals surface area (Å²) in [5.74, 6) is 2.70. The van der Waals surface area contributed by atoms with E-state index in [-0.39, 0.29) is 0 Å². The zero-order valence-corrected chi connectivity index (χ0v) is 16.5. The van der Waals surface area contributed by atoms with Crippen LogP contribution in [-0.4, -0.2) is 9.97 Å². The SMILES string of the molecule is Cc1cccc(CSc2nc(C)cc(Oc3cccc(C(C)C)c3)n2)c1. The highest BCUT2D eigenvalue weighted by Gasteiger charge is 2.07. The summed E-state index contributed by atoms with van der Waals surface area (Å²) < 4.78 is 6.00. The van der Waals surface area contributed by atoms with Crippen LogP contribution in [0.15, 0.2) is 59.8 Å². The van der Waals surface area contributed by atoms with E-state index in [0.717, 1.165) is 22.4 Å². The quantitative estimate of drug-likeness (QED) is 0.380. The standard InChI is InChI=1S/C22H24N2OS/c1-15(2)19-9-6-10-20(13-19)25-21-12-17(4)23-22(24-21)26-14-18-8-5-7-16(3)11-18/h5-13,15H,14H2,1-4H3. The van der Waals surface area contributed by atoms with E-state index in [0.29, 0.717) is 11.8 Å². The Morgan fingerprint density at radius 2 is 1.77 bits per heavy atom. The third-order valence-electron chi connectivity index (χ3n) is 4.01. The first-order valence-corrected chi connectivity index (χ1v) is 9.80. The summed E-state index contributed by atoms with van der Waals surface area (Å²) in [7, 11) is 0. The largest absolute Gasteiger partial charge is 0.439 e. The average molecular weight is 365 g/mol. The van der Waals surface area contributed by atoms with Crippen LogP contribution < -0.4 is 4.74 Å². The second-order valence-corrected chi connectivity index (χ2v) is 7.68. The van der Waals surface area contributed by atoms with Crippen molar-refractivity contribution in [2.24, 2.45) is 0 Å². The molecule has 0 aliphatic rings. The lowest BCUT2D eigenvalue weighted by Crippen LogP contribution is -1.96. The number of hydrogen-bond donors (Lipinski definition) is 0. The zero-order valence-electron chi connectivity index (χ0n) is 15.7. The van der Waals surface area contributed by atoms with Crippen LogP contribution in [0.2, 0.25) is 0 Å². The smallest absolute Gasteiger partial charge is 0.223 e. The number of aromatic nitrogens is 2. The van der Waals surface area contributed by atoms with Gasteiger partial charge in [-0.05, 0) is 43.0 Å². The third-order valence-corrected chi connectivity index (χ3v) is 4.93. The lowest BCUT2D eigenvalue weighted by atomic mass is 10.0. The number of rotatable bonds is 6. The molecule has 0 aliphatic carbocycles. The fourth-order valence-electron chi connectivity index (χ4n) is 2.64. The highest BCUT2D eigenvalue weighted by Crippen LogP contribution is 2.27. The van der Waals surface area contributed by atoms with Crippen molar-refractivity contribution in [3.8, 4) is 11.6 Å². The second-order valence-electron chi connectivity index (χ2n) is 6.74. The van der Waals surface area contributed by atoms with Gasteiger partial charge in [0.15, 0.2) is 5.16 Å². The van der Waals surface area contributed by atoms with Crippen molar-refractivity contribution in [1.82, 2.24) is 9.97 Å². The first-order chi connectivity index (χ1) is 12.5. The van der Waals surface area contributed by atoms with Gasteiger partial charge in [-0.25, -0.2) is 4.98 Å². The zero-order chi connectivity index (χ0) is 18.5. The van der Waals surface area contributed by atoms with Gasteiger partial charge in [0.1, 0.15) is 5.75 Å². The molecule has 0 spiro atoms. The Kier molecular flexibility index (Phi) is 5.94. The summed E-state index contributed by atoms with van der Waals surface area (Å²) in [6.45, 7) is 8.42. The van der Waals surface area contributed by atoms with E-state index in [1.807, 2.05) is 25.1 Å². The Morgan fingerprint density at radius 1 is 0.962 bits per heavy atom. The minimum absolute atomic E-state index is 0.464. The van der Waals surface area contributed by atoms with Gasteiger partial charge in [-0.2, -0.15) is 4.98 Å². The highest BCUT2D eigenvalue weighted by atomic mass is 32.2. The Balaban J connectivity index is 1.74. The molecular weight excluding hydrogens is 340 g/mol. The predicted molar refractivity (Wildman–Crippen MR) is 108 cm³/mol. The fraction of sp³-hybridized carbons (Fsp3) is 0.273. The summed E-state index contributed by atoms with van der Waals surface area (Å²) in [4.78, 5) is 9.10. The molecule has 0 N–H and O–H groups in total. The van der Waals surface area contributed by atoms with Crippen LogP contribution in [0.4, 0.5) is 0 Å². The maximum atomic E-state index is 6.00. The van der Waals surface area contributed by atoms with Crippen molar-refractivity contribution in [2.75, 3.05) is 0 Å². The molecule has 4 heteroatoms. The molecule has 0 bridgehead atoms. The molecule has 0 amide bonds. The molecule has 0 radical (unpaired) electrons. The highest BCUT2D eigenvalue weighted by molar-refractivity contribution is 7.98. The first-order valence-electron chi connectivity index (χ1n) is 8.81. The number of aryl methyl sites for hydroxylation is 2. The van der Waals surface area contributed by atoms with Crippen molar-refractivity contribution >= 4 is 11.8 Å². The van der Waals surface area contributed by atoms with E-state index >= 15 is 0 Å². The maximum absolute atomic E-state index is 6.00. The van der Waals surface area contributed by atoms with Gasteiger partial charge in [0.2, 0.25) is 5.88 Å². The second kappa shape index (κ2) is 8.37. The number of hydrogen-bond acceptors (Lipinski definition) is 4. The normalized spacial score (nSPS) is 11.0. The number of thioether (sulfide) groups is 1. The molecule has 0 aliphatic heterocycles. The van der Waals surface area contributed by atoms with Gasteiger partial charge in [0, 0.05) is 17.5 Å². The van der Waals surface area contributed by atoms with E-state index in [4.69, 9.17) is 4.74 Å². The topological polar surface area (TPSA) is 35.0 Å². The van der Waals surface area contributed by atoms with Gasteiger partial charge in [-0.1, -0.05) is 67.6 Å². The lowest BCUT2D eigenvalue weighted by molar-refractivity contribution is 0.453. The molecule has 3 aromatic rings. The van der Waals surface area contributed by atoms with Gasteiger partial charge < -0.3 is 4.74 Å². The Hall–Kier alpha value is -2.33. The Morgan fingerprint density at radius 3 is 2.54 bits per heavy atom. The molecule has 0 fully saturated rings. The minimum atomic E-state index is 0.464. The van der Waals surface area contributed by atoms with E-state index in [9.17, 15) is 0 Å². The molecule has 0 saturated heterocycles. The van der Waals surface area contributed by atoms with Gasteiger partial charge in [-0.3, -0.25) is 0 Å². The maximum Gasteiger partial charge on any atom is 0.223 e. The van der Waals surface area contributed by atoms with E-state index < -0.39 is 0 Å². The number of nitrogens with zero attached hydrogens (tertiary/aromatic N) is 2. The fourth-order valence-corrected chi connectivity index (χ4v) is 3.48. The minimum Gasteiger partial charge on any atom is -0.439 e. The predicted octanol–water partition coefficient (Wildman–Crippen LogP) is 6.30. The molecule has 0 atom stereocenters. The molecule has 2 aromatic carbocycles. The molecule has 134 valence electrons. The van der Waals surface area contributed by atoms with E-state index in [1.165, 1.54) is 16.7 Å². The number of ether oxygens (including phenoxy) is 1.